The van der Waals surface area contributed by atoms with Gasteiger partial charge in [-0.25, -0.2) is 15.0 Å². The zero-order chi connectivity index (χ0) is 17.6. The Morgan fingerprint density at radius 3 is 2.58 bits per heavy atom. The van der Waals surface area contributed by atoms with E-state index in [1.54, 1.807) is 0 Å². The SMILES string of the molecule is CCc1ncncc1C(=O)NCCNc1ccc(C(F)(F)F)cn1. The van der Waals surface area contributed by atoms with E-state index in [1.807, 2.05) is 6.92 Å². The number of aromatic nitrogens is 3. The number of hydrogen-bond donors (Lipinski definition) is 2. The van der Waals surface area contributed by atoms with Gasteiger partial charge in [0.15, 0.2) is 0 Å². The normalized spacial score (nSPS) is 11.2. The molecule has 0 aliphatic carbocycles. The molecular formula is C15H16F3N5O. The van der Waals surface area contributed by atoms with Gasteiger partial charge in [-0.2, -0.15) is 13.2 Å². The highest BCUT2D eigenvalue weighted by Crippen LogP contribution is 2.28. The van der Waals surface area contributed by atoms with Crippen molar-refractivity contribution >= 4 is 11.7 Å². The lowest BCUT2D eigenvalue weighted by molar-refractivity contribution is -0.137. The van der Waals surface area contributed by atoms with Crippen molar-refractivity contribution in [2.45, 2.75) is 19.5 Å². The molecule has 2 N–H and O–H groups in total. The molecular weight excluding hydrogens is 323 g/mol. The number of carbonyl (C=O) groups excluding carboxylic acids is 1. The fourth-order valence-corrected chi connectivity index (χ4v) is 1.95. The summed E-state index contributed by atoms with van der Waals surface area (Å²) in [5, 5.41) is 5.52. The lowest BCUT2D eigenvalue weighted by atomic mass is 10.2. The Morgan fingerprint density at radius 1 is 1.17 bits per heavy atom. The number of carbonyl (C=O) groups is 1. The summed E-state index contributed by atoms with van der Waals surface area (Å²) in [6, 6.07) is 2.19. The van der Waals surface area contributed by atoms with Gasteiger partial charge in [0.1, 0.15) is 12.1 Å². The Balaban J connectivity index is 1.81. The van der Waals surface area contributed by atoms with Gasteiger partial charge in [-0.3, -0.25) is 4.79 Å². The van der Waals surface area contributed by atoms with E-state index in [9.17, 15) is 18.0 Å². The second-order valence-electron chi connectivity index (χ2n) is 4.85. The lowest BCUT2D eigenvalue weighted by Crippen LogP contribution is -2.30. The number of alkyl halides is 3. The quantitative estimate of drug-likeness (QED) is 0.790. The zero-order valence-electron chi connectivity index (χ0n) is 12.9. The molecule has 0 spiro atoms. The maximum Gasteiger partial charge on any atom is 0.417 e. The minimum Gasteiger partial charge on any atom is -0.368 e. The third-order valence-corrected chi connectivity index (χ3v) is 3.18. The molecule has 9 heteroatoms. The van der Waals surface area contributed by atoms with Crippen LogP contribution >= 0.6 is 0 Å². The summed E-state index contributed by atoms with van der Waals surface area (Å²) in [6.45, 7) is 2.48. The average Bonchev–Trinajstić information content (AvgIpc) is 2.58. The third kappa shape index (κ3) is 4.64. The lowest BCUT2D eigenvalue weighted by Gasteiger charge is -2.10. The van der Waals surface area contributed by atoms with Crippen LogP contribution in [0.2, 0.25) is 0 Å². The molecule has 0 aliphatic heterocycles. The molecule has 0 saturated heterocycles. The molecule has 0 saturated carbocycles. The van der Waals surface area contributed by atoms with E-state index >= 15 is 0 Å². The van der Waals surface area contributed by atoms with Crippen molar-refractivity contribution < 1.29 is 18.0 Å². The molecule has 2 aromatic rings. The number of anilines is 1. The monoisotopic (exact) mass is 339 g/mol. The summed E-state index contributed by atoms with van der Waals surface area (Å²) in [4.78, 5) is 23.6. The molecule has 2 rings (SSSR count). The summed E-state index contributed by atoms with van der Waals surface area (Å²) in [7, 11) is 0. The molecule has 2 aromatic heterocycles. The molecule has 6 nitrogen and oxygen atoms in total. The van der Waals surface area contributed by atoms with Crippen molar-refractivity contribution in [2.75, 3.05) is 18.4 Å². The largest absolute Gasteiger partial charge is 0.417 e. The maximum absolute atomic E-state index is 12.4. The van der Waals surface area contributed by atoms with Crippen LogP contribution in [-0.4, -0.2) is 33.9 Å². The third-order valence-electron chi connectivity index (χ3n) is 3.18. The highest BCUT2D eigenvalue weighted by atomic mass is 19.4. The van der Waals surface area contributed by atoms with E-state index in [0.717, 1.165) is 12.3 Å². The van der Waals surface area contributed by atoms with Gasteiger partial charge in [0.2, 0.25) is 0 Å². The van der Waals surface area contributed by atoms with Crippen LogP contribution in [0.25, 0.3) is 0 Å². The van der Waals surface area contributed by atoms with Crippen LogP contribution < -0.4 is 10.6 Å². The Hall–Kier alpha value is -2.71. The van der Waals surface area contributed by atoms with Crippen LogP contribution in [0.4, 0.5) is 19.0 Å². The Labute approximate surface area is 136 Å². The number of hydrogen-bond acceptors (Lipinski definition) is 5. The fraction of sp³-hybridized carbons (Fsp3) is 0.333. The first-order valence-corrected chi connectivity index (χ1v) is 7.26. The Morgan fingerprint density at radius 2 is 1.96 bits per heavy atom. The second kappa shape index (κ2) is 7.71. The predicted molar refractivity (Wildman–Crippen MR) is 81.5 cm³/mol. The van der Waals surface area contributed by atoms with Crippen molar-refractivity contribution in [2.24, 2.45) is 0 Å². The molecule has 2 heterocycles. The first kappa shape index (κ1) is 17.6. The van der Waals surface area contributed by atoms with E-state index in [-0.39, 0.29) is 12.5 Å². The van der Waals surface area contributed by atoms with E-state index in [1.165, 1.54) is 18.6 Å². The van der Waals surface area contributed by atoms with Crippen molar-refractivity contribution in [3.8, 4) is 0 Å². The minimum absolute atomic E-state index is 0.277. The fourth-order valence-electron chi connectivity index (χ4n) is 1.95. The molecule has 0 fully saturated rings. The predicted octanol–water partition coefficient (Wildman–Crippen LogP) is 2.29. The van der Waals surface area contributed by atoms with Gasteiger partial charge in [0.05, 0.1) is 16.8 Å². The molecule has 0 unspecified atom stereocenters. The van der Waals surface area contributed by atoms with Crippen LogP contribution in [0.1, 0.15) is 28.5 Å². The van der Waals surface area contributed by atoms with E-state index < -0.39 is 11.7 Å². The van der Waals surface area contributed by atoms with Gasteiger partial charge in [0.25, 0.3) is 5.91 Å². The van der Waals surface area contributed by atoms with Gasteiger partial charge in [-0.05, 0) is 18.6 Å². The number of pyridine rings is 1. The average molecular weight is 339 g/mol. The van der Waals surface area contributed by atoms with Crippen LogP contribution in [0.3, 0.4) is 0 Å². The van der Waals surface area contributed by atoms with Gasteiger partial charge in [0, 0.05) is 25.5 Å². The standard InChI is InChI=1S/C15H16F3N5O/c1-2-12-11(8-19-9-23-12)14(24)21-6-5-20-13-4-3-10(7-22-13)15(16,17)18/h3-4,7-9H,2,5-6H2,1H3,(H,20,22)(H,21,24). The number of amides is 1. The van der Waals surface area contributed by atoms with E-state index in [2.05, 4.69) is 25.6 Å². The van der Waals surface area contributed by atoms with Crippen LogP contribution in [0.15, 0.2) is 30.9 Å². The summed E-state index contributed by atoms with van der Waals surface area (Å²) < 4.78 is 37.3. The molecule has 0 aromatic carbocycles. The number of nitrogens with zero attached hydrogens (tertiary/aromatic N) is 3. The van der Waals surface area contributed by atoms with Gasteiger partial charge in [-0.1, -0.05) is 6.92 Å². The minimum atomic E-state index is -4.41. The van der Waals surface area contributed by atoms with Crippen LogP contribution in [-0.2, 0) is 12.6 Å². The topological polar surface area (TPSA) is 79.8 Å². The zero-order valence-corrected chi connectivity index (χ0v) is 12.9. The summed E-state index contributed by atoms with van der Waals surface area (Å²) in [6.07, 6.45) is -0.206. The summed E-state index contributed by atoms with van der Waals surface area (Å²) in [5.74, 6) is 0.00386. The summed E-state index contributed by atoms with van der Waals surface area (Å²) in [5.41, 5.74) is 0.255. The smallest absolute Gasteiger partial charge is 0.368 e. The molecule has 0 bridgehead atoms. The van der Waals surface area contributed by atoms with Gasteiger partial charge >= 0.3 is 6.18 Å². The molecule has 0 radical (unpaired) electrons. The van der Waals surface area contributed by atoms with Crippen LogP contribution in [0.5, 0.6) is 0 Å². The van der Waals surface area contributed by atoms with Crippen molar-refractivity contribution in [1.29, 1.82) is 0 Å². The van der Waals surface area contributed by atoms with Crippen molar-refractivity contribution in [3.63, 3.8) is 0 Å². The summed E-state index contributed by atoms with van der Waals surface area (Å²) >= 11 is 0. The first-order valence-electron chi connectivity index (χ1n) is 7.26. The highest BCUT2D eigenvalue weighted by molar-refractivity contribution is 5.94. The van der Waals surface area contributed by atoms with Gasteiger partial charge < -0.3 is 10.6 Å². The molecule has 24 heavy (non-hydrogen) atoms. The van der Waals surface area contributed by atoms with E-state index in [0.29, 0.717) is 30.0 Å². The molecule has 0 atom stereocenters. The maximum atomic E-state index is 12.4. The number of aryl methyl sites for hydroxylation is 1. The Bertz CT molecular complexity index is 688. The molecule has 128 valence electrons. The van der Waals surface area contributed by atoms with Gasteiger partial charge in [-0.15, -0.1) is 0 Å². The number of rotatable bonds is 6. The van der Waals surface area contributed by atoms with Crippen molar-refractivity contribution in [1.82, 2.24) is 20.3 Å². The van der Waals surface area contributed by atoms with Crippen molar-refractivity contribution in [3.05, 3.63) is 47.7 Å². The van der Waals surface area contributed by atoms with E-state index in [4.69, 9.17) is 0 Å². The number of nitrogens with one attached hydrogen (secondary N) is 2. The second-order valence-corrected chi connectivity index (χ2v) is 4.85. The molecule has 0 aliphatic rings. The molecule has 1 amide bonds. The number of halogens is 3. The Kier molecular flexibility index (Phi) is 5.67. The van der Waals surface area contributed by atoms with Crippen LogP contribution in [0, 0.1) is 0 Å². The highest BCUT2D eigenvalue weighted by Gasteiger charge is 2.30. The first-order chi connectivity index (χ1) is 11.4.